The van der Waals surface area contributed by atoms with Gasteiger partial charge in [-0.3, -0.25) is 4.31 Å². The standard InChI is InChI=1S/C17H18ClNO3S/c1-12-7-8-13-5-3-4-6-15(13)19(12)23(20,21)17-11-14(18)9-10-16(17)22-2/h3-6,9-12H,7-8H2,1-2H3. The minimum absolute atomic E-state index is 0.0936. The lowest BCUT2D eigenvalue weighted by atomic mass is 9.99. The molecule has 0 aliphatic carbocycles. The van der Waals surface area contributed by atoms with E-state index in [1.807, 2.05) is 31.2 Å². The predicted octanol–water partition coefficient (Wildman–Crippen LogP) is 3.88. The average molecular weight is 352 g/mol. The lowest BCUT2D eigenvalue weighted by Crippen LogP contribution is -2.42. The second-order valence-corrected chi connectivity index (χ2v) is 7.83. The number of ether oxygens (including phenoxy) is 1. The van der Waals surface area contributed by atoms with E-state index in [1.165, 1.54) is 17.5 Å². The quantitative estimate of drug-likeness (QED) is 0.843. The van der Waals surface area contributed by atoms with Gasteiger partial charge in [-0.05, 0) is 49.6 Å². The summed E-state index contributed by atoms with van der Waals surface area (Å²) in [4.78, 5) is 0.0936. The zero-order chi connectivity index (χ0) is 16.6. The van der Waals surface area contributed by atoms with Gasteiger partial charge in [0.1, 0.15) is 10.6 Å². The predicted molar refractivity (Wildman–Crippen MR) is 91.9 cm³/mol. The van der Waals surface area contributed by atoms with Crippen LogP contribution in [-0.4, -0.2) is 21.6 Å². The van der Waals surface area contributed by atoms with E-state index in [0.717, 1.165) is 24.1 Å². The zero-order valence-corrected chi connectivity index (χ0v) is 14.6. The minimum atomic E-state index is -3.77. The number of rotatable bonds is 3. The summed E-state index contributed by atoms with van der Waals surface area (Å²) in [5.74, 6) is 0.296. The Morgan fingerprint density at radius 3 is 2.70 bits per heavy atom. The highest BCUT2D eigenvalue weighted by atomic mass is 35.5. The van der Waals surface area contributed by atoms with Gasteiger partial charge in [0, 0.05) is 11.1 Å². The molecule has 0 saturated heterocycles. The van der Waals surface area contributed by atoms with Gasteiger partial charge in [-0.1, -0.05) is 29.8 Å². The maximum absolute atomic E-state index is 13.3. The van der Waals surface area contributed by atoms with Gasteiger partial charge < -0.3 is 4.74 Å². The van der Waals surface area contributed by atoms with Crippen molar-refractivity contribution >= 4 is 27.3 Å². The summed E-state index contributed by atoms with van der Waals surface area (Å²) < 4.78 is 33.3. The van der Waals surface area contributed by atoms with Crippen molar-refractivity contribution in [2.24, 2.45) is 0 Å². The van der Waals surface area contributed by atoms with Crippen molar-refractivity contribution in [3.8, 4) is 5.75 Å². The number of hydrogen-bond donors (Lipinski definition) is 0. The van der Waals surface area contributed by atoms with Crippen LogP contribution in [0.25, 0.3) is 0 Å². The summed E-state index contributed by atoms with van der Waals surface area (Å²) in [7, 11) is -2.31. The Morgan fingerprint density at radius 2 is 1.96 bits per heavy atom. The monoisotopic (exact) mass is 351 g/mol. The van der Waals surface area contributed by atoms with E-state index >= 15 is 0 Å². The van der Waals surface area contributed by atoms with Crippen LogP contribution in [-0.2, 0) is 16.4 Å². The third-order valence-electron chi connectivity index (χ3n) is 4.12. The number of halogens is 1. The Hall–Kier alpha value is -1.72. The van der Waals surface area contributed by atoms with Crippen LogP contribution < -0.4 is 9.04 Å². The molecule has 1 atom stereocenters. The molecule has 2 aromatic rings. The molecule has 0 amide bonds. The number of fused-ring (bicyclic) bond motifs is 1. The molecule has 23 heavy (non-hydrogen) atoms. The van der Waals surface area contributed by atoms with Crippen molar-refractivity contribution in [2.75, 3.05) is 11.4 Å². The van der Waals surface area contributed by atoms with Gasteiger partial charge >= 0.3 is 0 Å². The SMILES string of the molecule is COc1ccc(Cl)cc1S(=O)(=O)N1c2ccccc2CCC1C. The molecule has 1 aliphatic rings. The third kappa shape index (κ3) is 2.79. The Kier molecular flexibility index (Phi) is 4.25. The van der Waals surface area contributed by atoms with Crippen LogP contribution in [0.4, 0.5) is 5.69 Å². The highest BCUT2D eigenvalue weighted by molar-refractivity contribution is 7.93. The van der Waals surface area contributed by atoms with Crippen molar-refractivity contribution in [3.05, 3.63) is 53.1 Å². The highest BCUT2D eigenvalue weighted by Gasteiger charge is 2.35. The molecule has 0 aromatic heterocycles. The second kappa shape index (κ2) is 6.06. The molecule has 1 aliphatic heterocycles. The van der Waals surface area contributed by atoms with Gasteiger partial charge in [-0.2, -0.15) is 0 Å². The van der Waals surface area contributed by atoms with Gasteiger partial charge in [0.2, 0.25) is 0 Å². The first-order valence-corrected chi connectivity index (χ1v) is 9.23. The number of hydrogen-bond acceptors (Lipinski definition) is 3. The van der Waals surface area contributed by atoms with E-state index in [1.54, 1.807) is 12.1 Å². The third-order valence-corrected chi connectivity index (χ3v) is 6.31. The molecule has 1 unspecified atom stereocenters. The Labute approximate surface area is 141 Å². The van der Waals surface area contributed by atoms with Gasteiger partial charge in [0.25, 0.3) is 10.0 Å². The number of nitrogens with zero attached hydrogens (tertiary/aromatic N) is 1. The van der Waals surface area contributed by atoms with Gasteiger partial charge in [0.15, 0.2) is 0 Å². The maximum atomic E-state index is 13.3. The first-order chi connectivity index (χ1) is 10.9. The van der Waals surface area contributed by atoms with Gasteiger partial charge in [-0.25, -0.2) is 8.42 Å². The fraction of sp³-hybridized carbons (Fsp3) is 0.294. The van der Waals surface area contributed by atoms with Crippen molar-refractivity contribution < 1.29 is 13.2 Å². The summed E-state index contributed by atoms with van der Waals surface area (Å²) in [6.07, 6.45) is 1.65. The molecule has 1 heterocycles. The largest absolute Gasteiger partial charge is 0.495 e. The lowest BCUT2D eigenvalue weighted by molar-refractivity contribution is 0.402. The molecule has 0 fully saturated rings. The van der Waals surface area contributed by atoms with Crippen LogP contribution in [0.15, 0.2) is 47.4 Å². The smallest absolute Gasteiger partial charge is 0.268 e. The van der Waals surface area contributed by atoms with Crippen molar-refractivity contribution in [1.82, 2.24) is 0 Å². The second-order valence-electron chi connectivity index (χ2n) is 5.61. The molecule has 4 nitrogen and oxygen atoms in total. The lowest BCUT2D eigenvalue weighted by Gasteiger charge is -2.36. The molecule has 0 bridgehead atoms. The summed E-state index contributed by atoms with van der Waals surface area (Å²) in [6, 6.07) is 12.1. The average Bonchev–Trinajstić information content (AvgIpc) is 2.54. The van der Waals surface area contributed by atoms with Crippen molar-refractivity contribution in [3.63, 3.8) is 0 Å². The number of anilines is 1. The normalized spacial score (nSPS) is 17.7. The topological polar surface area (TPSA) is 46.6 Å². The summed E-state index contributed by atoms with van der Waals surface area (Å²) >= 11 is 6.02. The van der Waals surface area contributed by atoms with Crippen LogP contribution in [0.5, 0.6) is 5.75 Å². The molecule has 6 heteroatoms. The van der Waals surface area contributed by atoms with E-state index in [9.17, 15) is 8.42 Å². The first kappa shape index (κ1) is 16.1. The molecule has 122 valence electrons. The van der Waals surface area contributed by atoms with Gasteiger partial charge in [-0.15, -0.1) is 0 Å². The van der Waals surface area contributed by atoms with Crippen LogP contribution in [0.2, 0.25) is 5.02 Å². The molecule has 2 aromatic carbocycles. The van der Waals surface area contributed by atoms with Gasteiger partial charge in [0.05, 0.1) is 12.8 Å². The zero-order valence-electron chi connectivity index (χ0n) is 13.0. The molecule has 3 rings (SSSR count). The van der Waals surface area contributed by atoms with E-state index in [4.69, 9.17) is 16.3 Å². The van der Waals surface area contributed by atoms with Crippen LogP contribution in [0.3, 0.4) is 0 Å². The van der Waals surface area contributed by atoms with E-state index in [0.29, 0.717) is 10.8 Å². The summed E-state index contributed by atoms with van der Waals surface area (Å²) in [5.41, 5.74) is 1.77. The maximum Gasteiger partial charge on any atom is 0.268 e. The number of benzene rings is 2. The molecular formula is C17H18ClNO3S. The summed E-state index contributed by atoms with van der Waals surface area (Å²) in [6.45, 7) is 1.92. The minimum Gasteiger partial charge on any atom is -0.495 e. The number of aryl methyl sites for hydroxylation is 1. The fourth-order valence-electron chi connectivity index (χ4n) is 2.98. The Morgan fingerprint density at radius 1 is 1.22 bits per heavy atom. The molecule has 0 saturated carbocycles. The van der Waals surface area contributed by atoms with Crippen molar-refractivity contribution in [2.45, 2.75) is 30.7 Å². The Bertz CT molecular complexity index is 835. The number of methoxy groups -OCH3 is 1. The molecule has 0 N–H and O–H groups in total. The fourth-order valence-corrected chi connectivity index (χ4v) is 5.13. The number of para-hydroxylation sites is 1. The van der Waals surface area contributed by atoms with Crippen molar-refractivity contribution in [1.29, 1.82) is 0 Å². The highest BCUT2D eigenvalue weighted by Crippen LogP contribution is 2.38. The van der Waals surface area contributed by atoms with Crippen LogP contribution in [0.1, 0.15) is 18.9 Å². The van der Waals surface area contributed by atoms with E-state index < -0.39 is 10.0 Å². The van der Waals surface area contributed by atoms with E-state index in [2.05, 4.69) is 0 Å². The first-order valence-electron chi connectivity index (χ1n) is 7.41. The van der Waals surface area contributed by atoms with Crippen LogP contribution in [0, 0.1) is 0 Å². The molecule has 0 radical (unpaired) electrons. The van der Waals surface area contributed by atoms with Crippen LogP contribution >= 0.6 is 11.6 Å². The summed E-state index contributed by atoms with van der Waals surface area (Å²) in [5, 5.41) is 0.363. The molecular weight excluding hydrogens is 334 g/mol. The molecule has 0 spiro atoms. The number of sulfonamides is 1. The Balaban J connectivity index is 2.19. The van der Waals surface area contributed by atoms with E-state index in [-0.39, 0.29) is 10.9 Å².